The molecule has 0 saturated carbocycles. The minimum absolute atomic E-state index is 0.0914. The van der Waals surface area contributed by atoms with E-state index in [1.165, 1.54) is 0 Å². The number of rotatable bonds is 5. The molecule has 1 fully saturated rings. The molecule has 5 heteroatoms. The van der Waals surface area contributed by atoms with Gasteiger partial charge in [0.05, 0.1) is 17.2 Å². The van der Waals surface area contributed by atoms with E-state index in [4.69, 9.17) is 5.26 Å². The topological polar surface area (TPSA) is 64.4 Å². The highest BCUT2D eigenvalue weighted by molar-refractivity contribution is 6.15. The van der Waals surface area contributed by atoms with Crippen molar-refractivity contribution in [3.63, 3.8) is 0 Å². The van der Waals surface area contributed by atoms with Crippen LogP contribution in [-0.4, -0.2) is 47.7 Å². The summed E-state index contributed by atoms with van der Waals surface area (Å²) >= 11 is 0. The van der Waals surface area contributed by atoms with E-state index in [1.807, 2.05) is 66.4 Å². The third-order valence-electron chi connectivity index (χ3n) is 6.08. The van der Waals surface area contributed by atoms with Crippen LogP contribution in [-0.2, 0) is 6.54 Å². The standard InChI is InChI=1S/C28H27N3O2/c1-21-7-13-24(14-8-21)27(32)25-5-2-3-6-26(25)28(33)31-16-4-15-30(17-18-31)20-23-11-9-22(19-29)10-12-23/h2-3,5-14H,4,15-18,20H2,1H3. The zero-order valence-corrected chi connectivity index (χ0v) is 18.8. The minimum Gasteiger partial charge on any atom is -0.337 e. The predicted molar refractivity (Wildman–Crippen MR) is 128 cm³/mol. The molecule has 5 nitrogen and oxygen atoms in total. The highest BCUT2D eigenvalue weighted by Gasteiger charge is 2.24. The van der Waals surface area contributed by atoms with Crippen molar-refractivity contribution in [1.82, 2.24) is 9.80 Å². The van der Waals surface area contributed by atoms with Crippen molar-refractivity contribution in [2.45, 2.75) is 19.9 Å². The zero-order chi connectivity index (χ0) is 23.2. The molecular weight excluding hydrogens is 410 g/mol. The Hall–Kier alpha value is -3.75. The Morgan fingerprint density at radius 3 is 2.24 bits per heavy atom. The molecule has 1 aliphatic heterocycles. The summed E-state index contributed by atoms with van der Waals surface area (Å²) in [5, 5.41) is 8.97. The van der Waals surface area contributed by atoms with Crippen LogP contribution in [0.15, 0.2) is 72.8 Å². The lowest BCUT2D eigenvalue weighted by Crippen LogP contribution is -2.35. The van der Waals surface area contributed by atoms with E-state index >= 15 is 0 Å². The van der Waals surface area contributed by atoms with E-state index in [0.717, 1.165) is 37.2 Å². The molecule has 1 saturated heterocycles. The monoisotopic (exact) mass is 437 g/mol. The Kier molecular flexibility index (Phi) is 6.97. The van der Waals surface area contributed by atoms with Crippen molar-refractivity contribution in [3.8, 4) is 6.07 Å². The molecule has 0 aliphatic carbocycles. The summed E-state index contributed by atoms with van der Waals surface area (Å²) < 4.78 is 0. The summed E-state index contributed by atoms with van der Waals surface area (Å²) in [4.78, 5) is 30.8. The molecule has 0 aromatic heterocycles. The number of amides is 1. The summed E-state index contributed by atoms with van der Waals surface area (Å²) in [6.07, 6.45) is 0.871. The maximum absolute atomic E-state index is 13.4. The Balaban J connectivity index is 1.46. The summed E-state index contributed by atoms with van der Waals surface area (Å²) in [7, 11) is 0. The van der Waals surface area contributed by atoms with Gasteiger partial charge < -0.3 is 4.90 Å². The number of benzene rings is 3. The third kappa shape index (κ3) is 5.36. The normalized spacial score (nSPS) is 14.4. The van der Waals surface area contributed by atoms with Crippen LogP contribution in [0.1, 0.15) is 49.4 Å². The summed E-state index contributed by atoms with van der Waals surface area (Å²) in [6.45, 7) is 5.71. The SMILES string of the molecule is Cc1ccc(C(=O)c2ccccc2C(=O)N2CCCN(Cc3ccc(C#N)cc3)CC2)cc1. The van der Waals surface area contributed by atoms with Gasteiger partial charge in [0.25, 0.3) is 5.91 Å². The summed E-state index contributed by atoms with van der Waals surface area (Å²) in [6, 6.07) is 24.4. The number of carbonyl (C=O) groups excluding carboxylic acids is 2. The predicted octanol–water partition coefficient (Wildman–Crippen LogP) is 4.45. The Morgan fingerprint density at radius 2 is 1.55 bits per heavy atom. The second kappa shape index (κ2) is 10.2. The fourth-order valence-electron chi connectivity index (χ4n) is 4.17. The van der Waals surface area contributed by atoms with Crippen LogP contribution < -0.4 is 0 Å². The van der Waals surface area contributed by atoms with Gasteiger partial charge in [0.1, 0.15) is 0 Å². The Morgan fingerprint density at radius 1 is 0.848 bits per heavy atom. The molecule has 3 aromatic carbocycles. The number of aryl methyl sites for hydroxylation is 1. The Bertz CT molecular complexity index is 1180. The number of nitrogens with zero attached hydrogens (tertiary/aromatic N) is 3. The summed E-state index contributed by atoms with van der Waals surface area (Å²) in [5.74, 6) is -0.220. The van der Waals surface area contributed by atoms with Gasteiger partial charge in [0.15, 0.2) is 5.78 Å². The van der Waals surface area contributed by atoms with Gasteiger partial charge in [0.2, 0.25) is 0 Å². The van der Waals surface area contributed by atoms with Gasteiger partial charge in [0, 0.05) is 43.9 Å². The van der Waals surface area contributed by atoms with Crippen LogP contribution in [0.25, 0.3) is 0 Å². The van der Waals surface area contributed by atoms with E-state index in [2.05, 4.69) is 11.0 Å². The molecule has 33 heavy (non-hydrogen) atoms. The van der Waals surface area contributed by atoms with Gasteiger partial charge >= 0.3 is 0 Å². The first kappa shape index (κ1) is 22.4. The highest BCUT2D eigenvalue weighted by Crippen LogP contribution is 2.19. The highest BCUT2D eigenvalue weighted by atomic mass is 16.2. The van der Waals surface area contributed by atoms with E-state index in [0.29, 0.717) is 35.3 Å². The molecular formula is C28H27N3O2. The zero-order valence-electron chi connectivity index (χ0n) is 18.8. The van der Waals surface area contributed by atoms with Gasteiger partial charge in [-0.25, -0.2) is 0 Å². The molecule has 3 aromatic rings. The molecule has 166 valence electrons. The fourth-order valence-corrected chi connectivity index (χ4v) is 4.17. The molecule has 0 spiro atoms. The molecule has 1 amide bonds. The maximum Gasteiger partial charge on any atom is 0.254 e. The lowest BCUT2D eigenvalue weighted by molar-refractivity contribution is 0.0756. The molecule has 0 bridgehead atoms. The van der Waals surface area contributed by atoms with Gasteiger partial charge in [-0.05, 0) is 37.1 Å². The third-order valence-corrected chi connectivity index (χ3v) is 6.08. The van der Waals surface area contributed by atoms with Crippen LogP contribution in [0.3, 0.4) is 0 Å². The number of carbonyl (C=O) groups is 2. The number of ketones is 1. The van der Waals surface area contributed by atoms with Gasteiger partial charge in [-0.3, -0.25) is 14.5 Å². The first-order valence-electron chi connectivity index (χ1n) is 11.3. The average molecular weight is 438 g/mol. The van der Waals surface area contributed by atoms with Crippen molar-refractivity contribution in [2.24, 2.45) is 0 Å². The van der Waals surface area contributed by atoms with Crippen molar-refractivity contribution in [2.75, 3.05) is 26.2 Å². The van der Waals surface area contributed by atoms with E-state index in [-0.39, 0.29) is 11.7 Å². The van der Waals surface area contributed by atoms with Crippen molar-refractivity contribution in [3.05, 3.63) is 106 Å². The van der Waals surface area contributed by atoms with Crippen molar-refractivity contribution in [1.29, 1.82) is 5.26 Å². The number of hydrogen-bond donors (Lipinski definition) is 0. The molecule has 1 aliphatic rings. The fraction of sp³-hybridized carbons (Fsp3) is 0.250. The van der Waals surface area contributed by atoms with Crippen molar-refractivity contribution < 1.29 is 9.59 Å². The average Bonchev–Trinajstić information content (AvgIpc) is 3.09. The second-order valence-corrected chi connectivity index (χ2v) is 8.47. The quantitative estimate of drug-likeness (QED) is 0.554. The maximum atomic E-state index is 13.4. The molecule has 0 unspecified atom stereocenters. The van der Waals surface area contributed by atoms with Crippen LogP contribution in [0.5, 0.6) is 0 Å². The van der Waals surface area contributed by atoms with Crippen LogP contribution in [0.4, 0.5) is 0 Å². The lowest BCUT2D eigenvalue weighted by atomic mass is 9.97. The lowest BCUT2D eigenvalue weighted by Gasteiger charge is -2.23. The van der Waals surface area contributed by atoms with Crippen LogP contribution >= 0.6 is 0 Å². The van der Waals surface area contributed by atoms with Crippen LogP contribution in [0, 0.1) is 18.3 Å². The summed E-state index contributed by atoms with van der Waals surface area (Å²) in [5.41, 5.74) is 4.40. The molecule has 1 heterocycles. The smallest absolute Gasteiger partial charge is 0.254 e. The number of hydrogen-bond acceptors (Lipinski definition) is 4. The molecule has 0 N–H and O–H groups in total. The van der Waals surface area contributed by atoms with E-state index in [1.54, 1.807) is 18.2 Å². The van der Waals surface area contributed by atoms with Gasteiger partial charge in [-0.15, -0.1) is 0 Å². The number of nitriles is 1. The molecule has 0 radical (unpaired) electrons. The van der Waals surface area contributed by atoms with Crippen molar-refractivity contribution >= 4 is 11.7 Å². The minimum atomic E-state index is -0.129. The first-order valence-corrected chi connectivity index (χ1v) is 11.3. The first-order chi connectivity index (χ1) is 16.0. The molecule has 4 rings (SSSR count). The van der Waals surface area contributed by atoms with Gasteiger partial charge in [-0.2, -0.15) is 5.26 Å². The molecule has 0 atom stereocenters. The van der Waals surface area contributed by atoms with E-state index in [9.17, 15) is 9.59 Å². The van der Waals surface area contributed by atoms with E-state index < -0.39 is 0 Å². The second-order valence-electron chi connectivity index (χ2n) is 8.47. The van der Waals surface area contributed by atoms with Crippen LogP contribution in [0.2, 0.25) is 0 Å². The Labute approximate surface area is 194 Å². The van der Waals surface area contributed by atoms with Gasteiger partial charge in [-0.1, -0.05) is 60.2 Å². The largest absolute Gasteiger partial charge is 0.337 e.